The predicted octanol–water partition coefficient (Wildman–Crippen LogP) is 0.474. The van der Waals surface area contributed by atoms with Crippen LogP contribution in [0.3, 0.4) is 0 Å². The molecule has 324 valence electrons. The van der Waals surface area contributed by atoms with Crippen LogP contribution in [0.15, 0.2) is 60.7 Å². The van der Waals surface area contributed by atoms with E-state index >= 15 is 0 Å². The number of rotatable bonds is 11. The Hall–Kier alpha value is -4.15. The monoisotopic (exact) mass is 831 g/mol. The molecule has 4 heterocycles. The fourth-order valence-corrected chi connectivity index (χ4v) is 8.34. The highest BCUT2D eigenvalue weighted by molar-refractivity contribution is 5.71. The molecule has 1 saturated carbocycles. The summed E-state index contributed by atoms with van der Waals surface area (Å²) in [5, 5.41) is 59.5. The van der Waals surface area contributed by atoms with Crippen LogP contribution in [0, 0.1) is 11.8 Å². The fraction of sp³-hybridized carbons (Fsp3) is 0.625. The molecule has 7 rings (SSSR count). The van der Waals surface area contributed by atoms with Crippen molar-refractivity contribution in [3.05, 3.63) is 71.8 Å². The minimum atomic E-state index is -1.66. The maximum absolute atomic E-state index is 13.2. The summed E-state index contributed by atoms with van der Waals surface area (Å²) in [6.45, 7) is 2.90. The van der Waals surface area contributed by atoms with Crippen molar-refractivity contribution in [1.82, 2.24) is 15.5 Å². The zero-order valence-electron chi connectivity index (χ0n) is 32.8. The lowest BCUT2D eigenvalue weighted by Crippen LogP contribution is -2.68. The maximum atomic E-state index is 13.2. The second-order valence-electron chi connectivity index (χ2n) is 15.8. The molecule has 5 aliphatic rings. The van der Waals surface area contributed by atoms with Crippen LogP contribution in [0.1, 0.15) is 37.8 Å². The van der Waals surface area contributed by atoms with Gasteiger partial charge in [-0.25, -0.2) is 14.4 Å². The number of carbonyl (C=O) groups excluding carboxylic acids is 3. The molecule has 0 radical (unpaired) electrons. The van der Waals surface area contributed by atoms with Crippen molar-refractivity contribution in [2.75, 3.05) is 13.7 Å². The van der Waals surface area contributed by atoms with E-state index in [-0.39, 0.29) is 26.1 Å². The van der Waals surface area contributed by atoms with Crippen molar-refractivity contribution in [2.45, 2.75) is 132 Å². The van der Waals surface area contributed by atoms with Gasteiger partial charge in [-0.05, 0) is 24.0 Å². The van der Waals surface area contributed by atoms with E-state index in [9.17, 15) is 39.9 Å². The van der Waals surface area contributed by atoms with Gasteiger partial charge in [0.05, 0.1) is 37.0 Å². The molecule has 59 heavy (non-hydrogen) atoms. The van der Waals surface area contributed by atoms with Crippen molar-refractivity contribution in [2.24, 2.45) is 11.8 Å². The van der Waals surface area contributed by atoms with Crippen molar-refractivity contribution >= 4 is 18.3 Å². The summed E-state index contributed by atoms with van der Waals surface area (Å²) in [6.07, 6.45) is -16.7. The minimum Gasteiger partial charge on any atom is -0.445 e. The molecule has 9 unspecified atom stereocenters. The molecule has 3 amide bonds. The highest BCUT2D eigenvalue weighted by atomic mass is 16.8. The zero-order chi connectivity index (χ0) is 42.0. The van der Waals surface area contributed by atoms with Gasteiger partial charge in [-0.15, -0.1) is 0 Å². The van der Waals surface area contributed by atoms with Crippen molar-refractivity contribution in [3.8, 4) is 0 Å². The number of carbonyl (C=O) groups is 3. The third-order valence-corrected chi connectivity index (χ3v) is 11.8. The van der Waals surface area contributed by atoms with Gasteiger partial charge in [0.25, 0.3) is 0 Å². The van der Waals surface area contributed by atoms with Gasteiger partial charge in [-0.2, -0.15) is 0 Å². The zero-order valence-corrected chi connectivity index (χ0v) is 32.8. The van der Waals surface area contributed by atoms with Crippen LogP contribution in [0.4, 0.5) is 14.4 Å². The Balaban J connectivity index is 1.05. The van der Waals surface area contributed by atoms with Crippen LogP contribution in [-0.2, 0) is 51.1 Å². The molecule has 4 aliphatic heterocycles. The van der Waals surface area contributed by atoms with Gasteiger partial charge in [0.15, 0.2) is 25.0 Å². The summed E-state index contributed by atoms with van der Waals surface area (Å²) < 4.78 is 47.7. The van der Waals surface area contributed by atoms with Gasteiger partial charge < -0.3 is 74.1 Å². The number of nitrogens with zero attached hydrogens (tertiary/aromatic N) is 1. The summed E-state index contributed by atoms with van der Waals surface area (Å²) in [7, 11) is 1.48. The number of likely N-dealkylation sites (N-methyl/N-ethyl adjacent to an activating group) is 1. The van der Waals surface area contributed by atoms with Crippen LogP contribution in [0.2, 0.25) is 0 Å². The van der Waals surface area contributed by atoms with E-state index in [0.717, 1.165) is 11.1 Å². The number of nitrogens with one attached hydrogen (secondary N) is 2. The lowest BCUT2D eigenvalue weighted by molar-refractivity contribution is -0.378. The van der Waals surface area contributed by atoms with E-state index in [4.69, 9.17) is 37.9 Å². The van der Waals surface area contributed by atoms with Gasteiger partial charge in [0, 0.05) is 18.9 Å². The van der Waals surface area contributed by atoms with Crippen LogP contribution in [0.5, 0.6) is 0 Å². The average Bonchev–Trinajstić information content (AvgIpc) is 3.54. The molecule has 19 nitrogen and oxygen atoms in total. The Morgan fingerprint density at radius 1 is 0.729 bits per heavy atom. The first kappa shape index (κ1) is 43.0. The first-order valence-corrected chi connectivity index (χ1v) is 19.8. The van der Waals surface area contributed by atoms with Gasteiger partial charge >= 0.3 is 18.3 Å². The number of ether oxygens (including phenoxy) is 8. The molecule has 0 spiro atoms. The SMILES string of the molecule is CC1C[C@@H]2OC(O[C@H]3OC(CO)[C@@H](C)[C@H](O)C3O)C3C(OC(=O)N3C)C2O[C@@H]1O[C@@H]1C(NC(=O)OCc2ccccc2)C[C@@H](NC(=O)OCc2ccccc2)C(O)[C@H]1O. The highest BCUT2D eigenvalue weighted by Crippen LogP contribution is 2.42. The lowest BCUT2D eigenvalue weighted by atomic mass is 9.83. The van der Waals surface area contributed by atoms with Crippen LogP contribution in [0.25, 0.3) is 0 Å². The topological polar surface area (TPSA) is 253 Å². The normalized spacial score (nSPS) is 39.3. The Bertz CT molecular complexity index is 1730. The molecular weight excluding hydrogens is 778 g/mol. The number of aliphatic hydroxyl groups excluding tert-OH is 5. The Kier molecular flexibility index (Phi) is 13.6. The van der Waals surface area contributed by atoms with E-state index in [1.54, 1.807) is 62.4 Å². The predicted molar refractivity (Wildman–Crippen MR) is 200 cm³/mol. The number of aliphatic hydroxyl groups is 5. The first-order chi connectivity index (χ1) is 28.3. The standard InChI is InChI=1S/C40H53N3O16/c1-19-14-25-33(34-27(43(3)40(51)58-34)36(54-25)59-37-31(48)28(45)20(2)26(16-44)55-37)57-35(19)56-32-24(42-39(50)53-18-22-12-8-5-9-13-22)15-23(29(46)30(32)47)41-38(49)52-17-21-10-6-4-7-11-21/h4-13,19-20,23-37,44-48H,14-18H2,1-3H3,(H,41,49)(H,42,50)/t19?,20-,23-,24?,25+,26?,27?,28+,29?,30-,31?,32-,33?,34?,35+,36?,37-/m1/s1. The Morgan fingerprint density at radius 2 is 1.34 bits per heavy atom. The van der Waals surface area contributed by atoms with Gasteiger partial charge in [-0.1, -0.05) is 74.5 Å². The summed E-state index contributed by atoms with van der Waals surface area (Å²) in [6, 6.07) is 15.0. The Labute approximate surface area is 340 Å². The number of benzene rings is 2. The smallest absolute Gasteiger partial charge is 0.410 e. The Morgan fingerprint density at radius 3 is 1.95 bits per heavy atom. The molecule has 5 fully saturated rings. The third-order valence-electron chi connectivity index (χ3n) is 11.8. The summed E-state index contributed by atoms with van der Waals surface area (Å²) >= 11 is 0. The molecular formula is C40H53N3O16. The largest absolute Gasteiger partial charge is 0.445 e. The third kappa shape index (κ3) is 9.44. The van der Waals surface area contributed by atoms with Gasteiger partial charge in [-0.3, -0.25) is 4.90 Å². The average molecular weight is 832 g/mol. The van der Waals surface area contributed by atoms with E-state index in [1.807, 2.05) is 12.1 Å². The molecule has 7 N–H and O–H groups in total. The van der Waals surface area contributed by atoms with E-state index < -0.39 is 129 Å². The maximum Gasteiger partial charge on any atom is 0.410 e. The molecule has 1 aliphatic carbocycles. The number of alkyl carbamates (subject to hydrolysis) is 2. The lowest BCUT2D eigenvalue weighted by Gasteiger charge is -2.51. The highest BCUT2D eigenvalue weighted by Gasteiger charge is 2.60. The molecule has 0 aromatic heterocycles. The number of amides is 3. The van der Waals surface area contributed by atoms with E-state index in [0.29, 0.717) is 0 Å². The minimum absolute atomic E-state index is 0.0389. The first-order valence-electron chi connectivity index (χ1n) is 19.8. The number of hydrogen-bond acceptors (Lipinski definition) is 16. The summed E-state index contributed by atoms with van der Waals surface area (Å²) in [4.78, 5) is 40.3. The number of fused-ring (bicyclic) bond motifs is 3. The van der Waals surface area contributed by atoms with E-state index in [2.05, 4.69) is 10.6 Å². The molecule has 17 atom stereocenters. The molecule has 19 heteroatoms. The fourth-order valence-electron chi connectivity index (χ4n) is 8.34. The summed E-state index contributed by atoms with van der Waals surface area (Å²) in [5.74, 6) is -1.05. The van der Waals surface area contributed by atoms with Crippen LogP contribution < -0.4 is 10.6 Å². The molecule has 0 bridgehead atoms. The number of hydrogen-bond donors (Lipinski definition) is 7. The molecule has 4 saturated heterocycles. The second kappa shape index (κ2) is 18.6. The second-order valence-corrected chi connectivity index (χ2v) is 15.8. The van der Waals surface area contributed by atoms with Gasteiger partial charge in [0.2, 0.25) is 0 Å². The van der Waals surface area contributed by atoms with Crippen LogP contribution >= 0.6 is 0 Å². The van der Waals surface area contributed by atoms with Crippen molar-refractivity contribution < 1.29 is 77.8 Å². The molecule has 2 aromatic rings. The van der Waals surface area contributed by atoms with Crippen molar-refractivity contribution in [1.29, 1.82) is 0 Å². The van der Waals surface area contributed by atoms with Gasteiger partial charge in [0.1, 0.15) is 49.8 Å². The quantitative estimate of drug-likeness (QED) is 0.152. The summed E-state index contributed by atoms with van der Waals surface area (Å²) in [5.41, 5.74) is 1.47. The van der Waals surface area contributed by atoms with Crippen LogP contribution in [-0.4, -0.2) is 154 Å². The van der Waals surface area contributed by atoms with Crippen molar-refractivity contribution in [3.63, 3.8) is 0 Å². The molecule has 2 aromatic carbocycles. The van der Waals surface area contributed by atoms with E-state index in [1.165, 1.54) is 11.9 Å².